The van der Waals surface area contributed by atoms with Crippen LogP contribution in [0.4, 0.5) is 0 Å². The van der Waals surface area contributed by atoms with E-state index in [0.29, 0.717) is 0 Å². The molecule has 0 aliphatic carbocycles. The predicted molar refractivity (Wildman–Crippen MR) is 353 cm³/mol. The van der Waals surface area contributed by atoms with Crippen molar-refractivity contribution in [3.8, 4) is 33.6 Å². The van der Waals surface area contributed by atoms with E-state index in [-0.39, 0.29) is 0 Å². The molecule has 2 aromatic heterocycles. The molecule has 15 rings (SSSR count). The second-order valence-corrected chi connectivity index (χ2v) is 29.1. The lowest BCUT2D eigenvalue weighted by atomic mass is 9.99. The van der Waals surface area contributed by atoms with Crippen LogP contribution in [-0.2, 0) is 0 Å². The molecule has 15 aromatic rings. The minimum absolute atomic E-state index is 1.12. The van der Waals surface area contributed by atoms with Crippen LogP contribution in [0.3, 0.4) is 0 Å². The highest BCUT2D eigenvalue weighted by Gasteiger charge is 2.44. The standard InChI is InChI=1S/C78H56N2Si2/c1-8-27-57(28-9-1)58-49-52-67(53-50-58)81(62-32-12-3-13-33-62,63-34-14-4-15-35-63)68-42-24-31-60(55-68)79-73-54-51-61(80-72-45-23-22-43-70(72)77-69(44-25-46-74(77)80)59-29-10-2-11-30-59)56-71(73)78-75(79)47-26-48-76(78)82(64-36-16-5-17-37-64,65-38-18-6-19-39-65)66-40-20-7-21-41-66/h1-56H. The zero-order valence-electron chi connectivity index (χ0n) is 45.2. The van der Waals surface area contributed by atoms with Gasteiger partial charge in [0.1, 0.15) is 0 Å². The average Bonchev–Trinajstić information content (AvgIpc) is 4.28. The summed E-state index contributed by atoms with van der Waals surface area (Å²) in [6.07, 6.45) is 0. The second kappa shape index (κ2) is 20.5. The van der Waals surface area contributed by atoms with Crippen molar-refractivity contribution in [2.75, 3.05) is 0 Å². The van der Waals surface area contributed by atoms with Gasteiger partial charge in [-0.05, 0) is 112 Å². The molecule has 386 valence electrons. The van der Waals surface area contributed by atoms with E-state index >= 15 is 0 Å². The molecule has 2 nitrogen and oxygen atoms in total. The summed E-state index contributed by atoms with van der Waals surface area (Å²) in [7, 11) is -6.11. The Morgan fingerprint density at radius 2 is 0.598 bits per heavy atom. The van der Waals surface area contributed by atoms with Crippen LogP contribution < -0.4 is 41.5 Å². The lowest BCUT2D eigenvalue weighted by molar-refractivity contribution is 1.17. The molecule has 0 atom stereocenters. The highest BCUT2D eigenvalue weighted by atomic mass is 28.3. The van der Waals surface area contributed by atoms with Gasteiger partial charge >= 0.3 is 0 Å². The molecule has 0 fully saturated rings. The zero-order valence-corrected chi connectivity index (χ0v) is 47.2. The van der Waals surface area contributed by atoms with Gasteiger partial charge < -0.3 is 9.13 Å². The van der Waals surface area contributed by atoms with E-state index in [9.17, 15) is 0 Å². The van der Waals surface area contributed by atoms with Gasteiger partial charge in [-0.3, -0.25) is 0 Å². The maximum Gasteiger partial charge on any atom is 0.180 e. The Morgan fingerprint density at radius 3 is 1.16 bits per heavy atom. The highest BCUT2D eigenvalue weighted by Crippen LogP contribution is 2.41. The van der Waals surface area contributed by atoms with Gasteiger partial charge in [0.05, 0.1) is 22.1 Å². The number of hydrogen-bond acceptors (Lipinski definition) is 0. The van der Waals surface area contributed by atoms with Crippen molar-refractivity contribution in [2.45, 2.75) is 0 Å². The third-order valence-electron chi connectivity index (χ3n) is 17.2. The first kappa shape index (κ1) is 49.0. The monoisotopic (exact) mass is 1080 g/mol. The van der Waals surface area contributed by atoms with Crippen molar-refractivity contribution >= 4 is 101 Å². The Morgan fingerprint density at radius 1 is 0.207 bits per heavy atom. The van der Waals surface area contributed by atoms with Crippen LogP contribution in [0.15, 0.2) is 340 Å². The van der Waals surface area contributed by atoms with Crippen LogP contribution in [0, 0.1) is 0 Å². The fraction of sp³-hybridized carbons (Fsp3) is 0. The van der Waals surface area contributed by atoms with Crippen molar-refractivity contribution in [1.82, 2.24) is 9.13 Å². The van der Waals surface area contributed by atoms with Gasteiger partial charge in [-0.25, -0.2) is 0 Å². The Balaban J connectivity index is 1.05. The lowest BCUT2D eigenvalue weighted by Crippen LogP contribution is -2.74. The average molecular weight is 1080 g/mol. The summed E-state index contributed by atoms with van der Waals surface area (Å²) in [6, 6.07) is 128. The number of fused-ring (bicyclic) bond motifs is 6. The summed E-state index contributed by atoms with van der Waals surface area (Å²) in [6.45, 7) is 0. The Bertz CT molecular complexity index is 4620. The molecule has 82 heavy (non-hydrogen) atoms. The van der Waals surface area contributed by atoms with Crippen LogP contribution in [0.2, 0.25) is 0 Å². The molecular weight excluding hydrogens is 1020 g/mol. The number of para-hydroxylation sites is 1. The molecule has 0 N–H and O–H groups in total. The molecule has 0 aliphatic heterocycles. The molecule has 0 bridgehead atoms. The molecular formula is C78H56N2Si2. The van der Waals surface area contributed by atoms with Crippen molar-refractivity contribution in [2.24, 2.45) is 0 Å². The SMILES string of the molecule is c1ccc(-c2ccc([Si](c3ccccc3)(c3ccccc3)c3cccc(-n4c5ccc(-n6c7ccccc7c7c(-c8ccccc8)cccc76)cc5c5c([Si](c6ccccc6)(c6ccccc6)c6ccccc6)cccc54)c3)cc2)cc1. The minimum atomic E-state index is -3.10. The van der Waals surface area contributed by atoms with Crippen LogP contribution in [0.25, 0.3) is 77.2 Å². The topological polar surface area (TPSA) is 9.86 Å². The first-order chi connectivity index (χ1) is 40.7. The number of rotatable bonds is 12. The van der Waals surface area contributed by atoms with Crippen LogP contribution in [0.1, 0.15) is 0 Å². The van der Waals surface area contributed by atoms with Crippen LogP contribution in [0.5, 0.6) is 0 Å². The molecule has 4 heteroatoms. The van der Waals surface area contributed by atoms with Gasteiger partial charge in [-0.1, -0.05) is 291 Å². The summed E-state index contributed by atoms with van der Waals surface area (Å²) in [5.74, 6) is 0. The number of nitrogens with zero attached hydrogens (tertiary/aromatic N) is 2. The highest BCUT2D eigenvalue weighted by molar-refractivity contribution is 7.21. The van der Waals surface area contributed by atoms with Crippen molar-refractivity contribution < 1.29 is 0 Å². The summed E-state index contributed by atoms with van der Waals surface area (Å²) >= 11 is 0. The maximum absolute atomic E-state index is 3.10. The summed E-state index contributed by atoms with van der Waals surface area (Å²) in [4.78, 5) is 0. The molecule has 0 radical (unpaired) electrons. The van der Waals surface area contributed by atoms with Gasteiger partial charge in [0, 0.05) is 32.9 Å². The zero-order chi connectivity index (χ0) is 54.5. The molecule has 0 spiro atoms. The molecule has 0 unspecified atom stereocenters. The van der Waals surface area contributed by atoms with Crippen LogP contribution >= 0.6 is 0 Å². The third-order valence-corrected chi connectivity index (χ3v) is 26.8. The largest absolute Gasteiger partial charge is 0.309 e. The molecule has 0 aliphatic rings. The summed E-state index contributed by atoms with van der Waals surface area (Å²) in [5, 5.41) is 15.7. The minimum Gasteiger partial charge on any atom is -0.309 e. The summed E-state index contributed by atoms with van der Waals surface area (Å²) in [5.41, 5.74) is 11.8. The predicted octanol–water partition coefficient (Wildman–Crippen LogP) is 14.0. The molecule has 0 amide bonds. The van der Waals surface area contributed by atoms with E-state index in [0.717, 1.165) is 16.9 Å². The number of aromatic nitrogens is 2. The van der Waals surface area contributed by atoms with E-state index in [1.165, 1.54) is 102 Å². The lowest BCUT2D eigenvalue weighted by Gasteiger charge is -2.35. The summed E-state index contributed by atoms with van der Waals surface area (Å²) < 4.78 is 5.08. The second-order valence-electron chi connectivity index (χ2n) is 21.5. The smallest absolute Gasteiger partial charge is 0.180 e. The van der Waals surface area contributed by atoms with E-state index in [2.05, 4.69) is 349 Å². The maximum atomic E-state index is 2.58. The first-order valence-corrected chi connectivity index (χ1v) is 32.4. The van der Waals surface area contributed by atoms with Crippen molar-refractivity contribution in [3.05, 3.63) is 340 Å². The van der Waals surface area contributed by atoms with Gasteiger partial charge in [-0.15, -0.1) is 0 Å². The van der Waals surface area contributed by atoms with Gasteiger partial charge in [-0.2, -0.15) is 0 Å². The molecule has 13 aromatic carbocycles. The van der Waals surface area contributed by atoms with Gasteiger partial charge in [0.25, 0.3) is 0 Å². The first-order valence-electron chi connectivity index (χ1n) is 28.4. The molecule has 2 heterocycles. The number of hydrogen-bond donors (Lipinski definition) is 0. The molecule has 0 saturated carbocycles. The third kappa shape index (κ3) is 7.83. The molecule has 0 saturated heterocycles. The van der Waals surface area contributed by atoms with E-state index < -0.39 is 16.1 Å². The quantitative estimate of drug-likeness (QED) is 0.0852. The number of benzene rings is 13. The fourth-order valence-corrected chi connectivity index (χ4v) is 23.5. The van der Waals surface area contributed by atoms with Crippen LogP contribution in [-0.4, -0.2) is 25.3 Å². The van der Waals surface area contributed by atoms with E-state index in [4.69, 9.17) is 0 Å². The Labute approximate surface area is 480 Å². The van der Waals surface area contributed by atoms with Gasteiger partial charge in [0.2, 0.25) is 0 Å². The van der Waals surface area contributed by atoms with E-state index in [1.807, 2.05) is 0 Å². The van der Waals surface area contributed by atoms with E-state index in [1.54, 1.807) is 0 Å². The van der Waals surface area contributed by atoms with Crippen molar-refractivity contribution in [3.63, 3.8) is 0 Å². The van der Waals surface area contributed by atoms with Gasteiger partial charge in [0.15, 0.2) is 16.1 Å². The normalized spacial score (nSPS) is 11.9. The fourth-order valence-electron chi connectivity index (χ4n) is 13.8. The Kier molecular flexibility index (Phi) is 12.3. The van der Waals surface area contributed by atoms with Crippen molar-refractivity contribution in [1.29, 1.82) is 0 Å². The Hall–Kier alpha value is -10.1.